The number of aromatic nitrogens is 1. The summed E-state index contributed by atoms with van der Waals surface area (Å²) in [6, 6.07) is 11.5. The molecule has 3 N–H and O–H groups in total. The minimum Gasteiger partial charge on any atom is -0.397 e. The number of nitrogen functional groups attached to an aromatic ring is 1. The highest BCUT2D eigenvalue weighted by Crippen LogP contribution is 2.24. The molecule has 2 rings (SSSR count). The Morgan fingerprint density at radius 1 is 1.24 bits per heavy atom. The van der Waals surface area contributed by atoms with E-state index in [0.29, 0.717) is 5.69 Å². The van der Waals surface area contributed by atoms with Gasteiger partial charge in [0.2, 0.25) is 0 Å². The standard InChI is InChI=1S/C13H14ClN3/c1-9(11-4-2-3-5-12(11)14)17-13-7-6-10(15)8-16-13/h2-9H,15H2,1H3,(H,16,17). The summed E-state index contributed by atoms with van der Waals surface area (Å²) in [7, 11) is 0. The Kier molecular flexibility index (Phi) is 3.49. The smallest absolute Gasteiger partial charge is 0.126 e. The normalized spacial score (nSPS) is 12.1. The molecule has 1 aromatic heterocycles. The van der Waals surface area contributed by atoms with Gasteiger partial charge < -0.3 is 11.1 Å². The topological polar surface area (TPSA) is 50.9 Å². The van der Waals surface area contributed by atoms with Gasteiger partial charge in [-0.05, 0) is 30.7 Å². The highest BCUT2D eigenvalue weighted by atomic mass is 35.5. The van der Waals surface area contributed by atoms with Gasteiger partial charge in [0.25, 0.3) is 0 Å². The fourth-order valence-corrected chi connectivity index (χ4v) is 1.92. The van der Waals surface area contributed by atoms with Crippen molar-refractivity contribution in [2.45, 2.75) is 13.0 Å². The third-order valence-corrected chi connectivity index (χ3v) is 2.87. The Hall–Kier alpha value is -1.74. The van der Waals surface area contributed by atoms with Crippen molar-refractivity contribution in [1.82, 2.24) is 4.98 Å². The van der Waals surface area contributed by atoms with Crippen LogP contribution in [0.5, 0.6) is 0 Å². The van der Waals surface area contributed by atoms with E-state index in [-0.39, 0.29) is 6.04 Å². The lowest BCUT2D eigenvalue weighted by atomic mass is 10.1. The van der Waals surface area contributed by atoms with Gasteiger partial charge in [0, 0.05) is 5.02 Å². The number of nitrogens with zero attached hydrogens (tertiary/aromatic N) is 1. The predicted molar refractivity (Wildman–Crippen MR) is 72.1 cm³/mol. The molecule has 0 aliphatic heterocycles. The Labute approximate surface area is 106 Å². The Balaban J connectivity index is 2.14. The van der Waals surface area contributed by atoms with Gasteiger partial charge in [-0.3, -0.25) is 0 Å². The first-order valence-corrected chi connectivity index (χ1v) is 5.77. The van der Waals surface area contributed by atoms with E-state index in [9.17, 15) is 0 Å². The van der Waals surface area contributed by atoms with E-state index in [1.807, 2.05) is 43.3 Å². The maximum atomic E-state index is 6.13. The molecule has 1 atom stereocenters. The fraction of sp³-hybridized carbons (Fsp3) is 0.154. The van der Waals surface area contributed by atoms with Crippen LogP contribution in [0.1, 0.15) is 18.5 Å². The van der Waals surface area contributed by atoms with E-state index in [2.05, 4.69) is 10.3 Å². The van der Waals surface area contributed by atoms with Crippen LogP contribution in [0.25, 0.3) is 0 Å². The molecule has 1 unspecified atom stereocenters. The van der Waals surface area contributed by atoms with Crippen molar-refractivity contribution in [3.63, 3.8) is 0 Å². The molecule has 1 heterocycles. The number of hydrogen-bond donors (Lipinski definition) is 2. The van der Waals surface area contributed by atoms with Gasteiger partial charge in [0.15, 0.2) is 0 Å². The fourth-order valence-electron chi connectivity index (χ4n) is 1.62. The zero-order chi connectivity index (χ0) is 12.3. The number of hydrogen-bond acceptors (Lipinski definition) is 3. The highest BCUT2D eigenvalue weighted by Gasteiger charge is 2.08. The minimum absolute atomic E-state index is 0.0971. The lowest BCUT2D eigenvalue weighted by molar-refractivity contribution is 0.875. The van der Waals surface area contributed by atoms with E-state index in [4.69, 9.17) is 17.3 Å². The number of nitrogens with one attached hydrogen (secondary N) is 1. The molecule has 0 aliphatic rings. The minimum atomic E-state index is 0.0971. The molecule has 0 saturated carbocycles. The molecule has 0 bridgehead atoms. The van der Waals surface area contributed by atoms with Crippen molar-refractivity contribution >= 4 is 23.1 Å². The van der Waals surface area contributed by atoms with Crippen LogP contribution in [0.4, 0.5) is 11.5 Å². The summed E-state index contributed by atoms with van der Waals surface area (Å²) in [6.07, 6.45) is 1.63. The maximum absolute atomic E-state index is 6.13. The Morgan fingerprint density at radius 2 is 2.00 bits per heavy atom. The SMILES string of the molecule is CC(Nc1ccc(N)cn1)c1ccccc1Cl. The molecule has 0 spiro atoms. The van der Waals surface area contributed by atoms with E-state index < -0.39 is 0 Å². The van der Waals surface area contributed by atoms with E-state index in [0.717, 1.165) is 16.4 Å². The zero-order valence-corrected chi connectivity index (χ0v) is 10.3. The molecule has 1 aromatic carbocycles. The van der Waals surface area contributed by atoms with Crippen molar-refractivity contribution in [3.8, 4) is 0 Å². The van der Waals surface area contributed by atoms with Crippen LogP contribution in [0.2, 0.25) is 5.02 Å². The number of rotatable bonds is 3. The van der Waals surface area contributed by atoms with Gasteiger partial charge in [-0.15, -0.1) is 0 Å². The molecule has 0 aliphatic carbocycles. The van der Waals surface area contributed by atoms with Gasteiger partial charge in [0.05, 0.1) is 17.9 Å². The van der Waals surface area contributed by atoms with Crippen molar-refractivity contribution in [2.24, 2.45) is 0 Å². The maximum Gasteiger partial charge on any atom is 0.126 e. The Morgan fingerprint density at radius 3 is 2.65 bits per heavy atom. The number of benzene rings is 1. The number of anilines is 2. The average Bonchev–Trinajstić information content (AvgIpc) is 2.32. The van der Waals surface area contributed by atoms with E-state index >= 15 is 0 Å². The summed E-state index contributed by atoms with van der Waals surface area (Å²) in [5.74, 6) is 0.784. The number of nitrogens with two attached hydrogens (primary N) is 1. The van der Waals surface area contributed by atoms with Gasteiger partial charge in [-0.2, -0.15) is 0 Å². The van der Waals surface area contributed by atoms with Crippen molar-refractivity contribution < 1.29 is 0 Å². The molecule has 0 radical (unpaired) electrons. The van der Waals surface area contributed by atoms with Gasteiger partial charge in [-0.1, -0.05) is 29.8 Å². The summed E-state index contributed by atoms with van der Waals surface area (Å²) in [6.45, 7) is 2.04. The molecule has 0 fully saturated rings. The van der Waals surface area contributed by atoms with Crippen LogP contribution in [0.15, 0.2) is 42.6 Å². The lowest BCUT2D eigenvalue weighted by Crippen LogP contribution is -2.08. The van der Waals surface area contributed by atoms with E-state index in [1.165, 1.54) is 0 Å². The molecule has 17 heavy (non-hydrogen) atoms. The monoisotopic (exact) mass is 247 g/mol. The summed E-state index contributed by atoms with van der Waals surface area (Å²) >= 11 is 6.13. The van der Waals surface area contributed by atoms with E-state index in [1.54, 1.807) is 6.20 Å². The zero-order valence-electron chi connectivity index (χ0n) is 9.52. The molecule has 2 aromatic rings. The highest BCUT2D eigenvalue weighted by molar-refractivity contribution is 6.31. The van der Waals surface area contributed by atoms with Crippen LogP contribution >= 0.6 is 11.6 Å². The third-order valence-electron chi connectivity index (χ3n) is 2.52. The third kappa shape index (κ3) is 2.88. The molecular weight excluding hydrogens is 234 g/mol. The lowest BCUT2D eigenvalue weighted by Gasteiger charge is -2.16. The first-order chi connectivity index (χ1) is 8.16. The summed E-state index contributed by atoms with van der Waals surface area (Å²) in [4.78, 5) is 4.19. The first kappa shape index (κ1) is 11.7. The second-order valence-corrected chi connectivity index (χ2v) is 4.27. The molecular formula is C13H14ClN3. The molecule has 0 saturated heterocycles. The van der Waals surface area contributed by atoms with Crippen LogP contribution in [-0.2, 0) is 0 Å². The molecule has 88 valence electrons. The van der Waals surface area contributed by atoms with Gasteiger partial charge in [-0.25, -0.2) is 4.98 Å². The van der Waals surface area contributed by atoms with Crippen LogP contribution in [-0.4, -0.2) is 4.98 Å². The van der Waals surface area contributed by atoms with Crippen molar-refractivity contribution in [2.75, 3.05) is 11.1 Å². The molecule has 0 amide bonds. The van der Waals surface area contributed by atoms with Crippen LogP contribution in [0.3, 0.4) is 0 Å². The summed E-state index contributed by atoms with van der Waals surface area (Å²) in [5, 5.41) is 4.03. The second-order valence-electron chi connectivity index (χ2n) is 3.86. The second kappa shape index (κ2) is 5.06. The van der Waals surface area contributed by atoms with Crippen LogP contribution < -0.4 is 11.1 Å². The first-order valence-electron chi connectivity index (χ1n) is 5.39. The summed E-state index contributed by atoms with van der Waals surface area (Å²) in [5.41, 5.74) is 7.28. The predicted octanol–water partition coefficient (Wildman–Crippen LogP) is 3.49. The quantitative estimate of drug-likeness (QED) is 0.873. The largest absolute Gasteiger partial charge is 0.397 e. The molecule has 4 heteroatoms. The van der Waals surface area contributed by atoms with Crippen molar-refractivity contribution in [1.29, 1.82) is 0 Å². The van der Waals surface area contributed by atoms with Crippen LogP contribution in [0, 0.1) is 0 Å². The van der Waals surface area contributed by atoms with Crippen molar-refractivity contribution in [3.05, 3.63) is 53.2 Å². The number of pyridine rings is 1. The summed E-state index contributed by atoms with van der Waals surface area (Å²) < 4.78 is 0. The van der Waals surface area contributed by atoms with Gasteiger partial charge >= 0.3 is 0 Å². The van der Waals surface area contributed by atoms with Gasteiger partial charge in [0.1, 0.15) is 5.82 Å². The Bertz CT molecular complexity index is 496. The number of halogens is 1. The molecule has 3 nitrogen and oxygen atoms in total. The average molecular weight is 248 g/mol.